The number of oxime groups is 1. The molecule has 1 aromatic heterocycles. The maximum atomic E-state index is 11.8. The topological polar surface area (TPSA) is 74.8 Å². The fourth-order valence-electron chi connectivity index (χ4n) is 1.48. The summed E-state index contributed by atoms with van der Waals surface area (Å²) < 4.78 is 4.84. The molecule has 1 amide bonds. The SMILES string of the molecule is C/C(=N\O)c1cccc(NC(=O)c2ccoc2)c1. The minimum Gasteiger partial charge on any atom is -0.472 e. The highest BCUT2D eigenvalue weighted by molar-refractivity contribution is 6.05. The molecule has 0 atom stereocenters. The van der Waals surface area contributed by atoms with Gasteiger partial charge in [0.1, 0.15) is 6.26 Å². The molecule has 18 heavy (non-hydrogen) atoms. The van der Waals surface area contributed by atoms with Crippen molar-refractivity contribution in [3.63, 3.8) is 0 Å². The predicted molar refractivity (Wildman–Crippen MR) is 67.1 cm³/mol. The second kappa shape index (κ2) is 5.18. The van der Waals surface area contributed by atoms with E-state index in [9.17, 15) is 4.79 Å². The first-order valence-electron chi connectivity index (χ1n) is 5.33. The van der Waals surface area contributed by atoms with E-state index in [1.807, 2.05) is 0 Å². The highest BCUT2D eigenvalue weighted by Gasteiger charge is 2.07. The van der Waals surface area contributed by atoms with Crippen LogP contribution >= 0.6 is 0 Å². The van der Waals surface area contributed by atoms with Gasteiger partial charge in [-0.3, -0.25) is 4.79 Å². The summed E-state index contributed by atoms with van der Waals surface area (Å²) in [6, 6.07) is 8.64. The third-order valence-electron chi connectivity index (χ3n) is 2.47. The smallest absolute Gasteiger partial charge is 0.258 e. The molecule has 1 heterocycles. The van der Waals surface area contributed by atoms with Crippen molar-refractivity contribution >= 4 is 17.3 Å². The molecule has 0 radical (unpaired) electrons. The summed E-state index contributed by atoms with van der Waals surface area (Å²) in [6.45, 7) is 1.68. The van der Waals surface area contributed by atoms with Gasteiger partial charge in [-0.15, -0.1) is 0 Å². The lowest BCUT2D eigenvalue weighted by Gasteiger charge is -2.05. The van der Waals surface area contributed by atoms with Gasteiger partial charge in [0.2, 0.25) is 0 Å². The van der Waals surface area contributed by atoms with Crippen LogP contribution in [0.1, 0.15) is 22.8 Å². The van der Waals surface area contributed by atoms with E-state index in [0.717, 1.165) is 5.56 Å². The number of hydrogen-bond acceptors (Lipinski definition) is 4. The van der Waals surface area contributed by atoms with Gasteiger partial charge in [-0.1, -0.05) is 17.3 Å². The number of amides is 1. The van der Waals surface area contributed by atoms with E-state index in [0.29, 0.717) is 17.0 Å². The number of rotatable bonds is 3. The average Bonchev–Trinajstić information content (AvgIpc) is 2.92. The summed E-state index contributed by atoms with van der Waals surface area (Å²) in [4.78, 5) is 11.8. The van der Waals surface area contributed by atoms with Crippen LogP contribution in [-0.4, -0.2) is 16.8 Å². The number of carbonyl (C=O) groups excluding carboxylic acids is 1. The Morgan fingerprint density at radius 3 is 2.83 bits per heavy atom. The lowest BCUT2D eigenvalue weighted by Crippen LogP contribution is -2.11. The summed E-state index contributed by atoms with van der Waals surface area (Å²) in [7, 11) is 0. The Bertz CT molecular complexity index is 574. The lowest BCUT2D eigenvalue weighted by molar-refractivity contribution is 0.102. The zero-order valence-electron chi connectivity index (χ0n) is 9.75. The fraction of sp³-hybridized carbons (Fsp3) is 0.0769. The number of hydrogen-bond donors (Lipinski definition) is 2. The van der Waals surface area contributed by atoms with Crippen LogP contribution in [0, 0.1) is 0 Å². The third-order valence-corrected chi connectivity index (χ3v) is 2.47. The van der Waals surface area contributed by atoms with Gasteiger partial charge >= 0.3 is 0 Å². The normalized spacial score (nSPS) is 11.3. The van der Waals surface area contributed by atoms with Gasteiger partial charge in [-0.2, -0.15) is 0 Å². The quantitative estimate of drug-likeness (QED) is 0.495. The van der Waals surface area contributed by atoms with Crippen molar-refractivity contribution < 1.29 is 14.4 Å². The van der Waals surface area contributed by atoms with E-state index >= 15 is 0 Å². The monoisotopic (exact) mass is 244 g/mol. The van der Waals surface area contributed by atoms with Crippen LogP contribution in [0.2, 0.25) is 0 Å². The molecular weight excluding hydrogens is 232 g/mol. The van der Waals surface area contributed by atoms with Crippen molar-refractivity contribution in [2.45, 2.75) is 6.92 Å². The Morgan fingerprint density at radius 2 is 2.17 bits per heavy atom. The molecule has 0 bridgehead atoms. The lowest BCUT2D eigenvalue weighted by atomic mass is 10.1. The summed E-state index contributed by atoms with van der Waals surface area (Å²) >= 11 is 0. The van der Waals surface area contributed by atoms with Crippen LogP contribution in [0.4, 0.5) is 5.69 Å². The largest absolute Gasteiger partial charge is 0.472 e. The number of furan rings is 1. The molecule has 0 saturated carbocycles. The summed E-state index contributed by atoms with van der Waals surface area (Å²) in [5.74, 6) is -0.250. The second-order valence-corrected chi connectivity index (χ2v) is 3.73. The molecule has 2 aromatic rings. The van der Waals surface area contributed by atoms with Gasteiger partial charge in [-0.05, 0) is 25.1 Å². The van der Waals surface area contributed by atoms with Crippen molar-refractivity contribution in [2.24, 2.45) is 5.16 Å². The first-order valence-corrected chi connectivity index (χ1v) is 5.33. The number of nitrogens with one attached hydrogen (secondary N) is 1. The Morgan fingerprint density at radius 1 is 1.33 bits per heavy atom. The molecule has 5 heteroatoms. The van der Waals surface area contributed by atoms with Gasteiger partial charge in [-0.25, -0.2) is 0 Å². The molecule has 5 nitrogen and oxygen atoms in total. The molecule has 0 aliphatic heterocycles. The van der Waals surface area contributed by atoms with Crippen LogP contribution in [0.25, 0.3) is 0 Å². The maximum Gasteiger partial charge on any atom is 0.258 e. The number of benzene rings is 1. The average molecular weight is 244 g/mol. The molecule has 0 saturated heterocycles. The van der Waals surface area contributed by atoms with Gasteiger partial charge in [0, 0.05) is 11.3 Å². The molecule has 0 fully saturated rings. The molecular formula is C13H12N2O3. The number of carbonyl (C=O) groups is 1. The molecule has 2 N–H and O–H groups in total. The minimum absolute atomic E-state index is 0.250. The van der Waals surface area contributed by atoms with E-state index in [1.165, 1.54) is 12.5 Å². The second-order valence-electron chi connectivity index (χ2n) is 3.73. The Labute approximate surface area is 104 Å². The van der Waals surface area contributed by atoms with Crippen LogP contribution in [0.15, 0.2) is 52.4 Å². The van der Waals surface area contributed by atoms with Crippen molar-refractivity contribution in [3.8, 4) is 0 Å². The Hall–Kier alpha value is -2.56. The predicted octanol–water partition coefficient (Wildman–Crippen LogP) is 2.73. The highest BCUT2D eigenvalue weighted by Crippen LogP contribution is 2.13. The number of nitrogens with zero attached hydrogens (tertiary/aromatic N) is 1. The van der Waals surface area contributed by atoms with Gasteiger partial charge in [0.05, 0.1) is 17.5 Å². The summed E-state index contributed by atoms with van der Waals surface area (Å²) in [5.41, 5.74) is 2.30. The maximum absolute atomic E-state index is 11.8. The van der Waals surface area contributed by atoms with Crippen LogP contribution in [0.3, 0.4) is 0 Å². The first kappa shape index (κ1) is 11.9. The van der Waals surface area contributed by atoms with Crippen LogP contribution in [0.5, 0.6) is 0 Å². The van der Waals surface area contributed by atoms with Gasteiger partial charge in [0.15, 0.2) is 0 Å². The zero-order chi connectivity index (χ0) is 13.0. The molecule has 2 rings (SSSR count). The van der Waals surface area contributed by atoms with E-state index in [2.05, 4.69) is 10.5 Å². The molecule has 0 unspecified atom stereocenters. The number of anilines is 1. The molecule has 0 spiro atoms. The van der Waals surface area contributed by atoms with Gasteiger partial charge in [0.25, 0.3) is 5.91 Å². The van der Waals surface area contributed by atoms with E-state index in [-0.39, 0.29) is 5.91 Å². The summed E-state index contributed by atoms with van der Waals surface area (Å²) in [6.07, 6.45) is 2.81. The first-order chi connectivity index (χ1) is 8.70. The third kappa shape index (κ3) is 2.57. The zero-order valence-corrected chi connectivity index (χ0v) is 9.75. The molecule has 0 aliphatic carbocycles. The van der Waals surface area contributed by atoms with Crippen molar-refractivity contribution in [1.82, 2.24) is 0 Å². The fourth-order valence-corrected chi connectivity index (χ4v) is 1.48. The van der Waals surface area contributed by atoms with E-state index < -0.39 is 0 Å². The van der Waals surface area contributed by atoms with Crippen molar-refractivity contribution in [3.05, 3.63) is 54.0 Å². The van der Waals surface area contributed by atoms with Gasteiger partial charge < -0.3 is 14.9 Å². The molecule has 1 aromatic carbocycles. The Kier molecular flexibility index (Phi) is 3.43. The van der Waals surface area contributed by atoms with Crippen molar-refractivity contribution in [1.29, 1.82) is 0 Å². The van der Waals surface area contributed by atoms with Crippen LogP contribution in [-0.2, 0) is 0 Å². The van der Waals surface area contributed by atoms with Crippen LogP contribution < -0.4 is 5.32 Å². The van der Waals surface area contributed by atoms with Crippen molar-refractivity contribution in [2.75, 3.05) is 5.32 Å². The van der Waals surface area contributed by atoms with E-state index in [4.69, 9.17) is 9.62 Å². The Balaban J connectivity index is 2.17. The highest BCUT2D eigenvalue weighted by atomic mass is 16.4. The minimum atomic E-state index is -0.250. The molecule has 0 aliphatic rings. The standard InChI is InChI=1S/C13H12N2O3/c1-9(15-17)10-3-2-4-12(7-10)14-13(16)11-5-6-18-8-11/h2-8,17H,1H3,(H,14,16)/b15-9+. The molecule has 92 valence electrons. The summed E-state index contributed by atoms with van der Waals surface area (Å²) in [5, 5.41) is 14.5. The van der Waals surface area contributed by atoms with E-state index in [1.54, 1.807) is 37.3 Å².